The van der Waals surface area contributed by atoms with Gasteiger partial charge in [0.05, 0.1) is 18.3 Å². The fraction of sp³-hybridized carbons (Fsp3) is 0.405. The Bertz CT molecular complexity index is 1660. The van der Waals surface area contributed by atoms with Crippen LogP contribution in [0.25, 0.3) is 0 Å². The maximum atomic E-state index is 13.9. The van der Waals surface area contributed by atoms with Gasteiger partial charge < -0.3 is 31.3 Å². The van der Waals surface area contributed by atoms with Crippen molar-refractivity contribution in [3.05, 3.63) is 100 Å². The van der Waals surface area contributed by atoms with Crippen molar-refractivity contribution < 1.29 is 28.1 Å². The first-order valence-electron chi connectivity index (χ1n) is 16.7. The lowest BCUT2D eigenvalue weighted by atomic mass is 10.0. The minimum absolute atomic E-state index is 0.155. The van der Waals surface area contributed by atoms with E-state index < -0.39 is 40.9 Å². The van der Waals surface area contributed by atoms with Crippen molar-refractivity contribution in [2.45, 2.75) is 51.9 Å². The molecule has 0 aliphatic carbocycles. The number of carbonyl (C=O) groups excluding carboxylic acids is 4. The normalized spacial score (nSPS) is 13.4. The summed E-state index contributed by atoms with van der Waals surface area (Å²) in [6.07, 6.45) is 1.94. The number of halogens is 1. The Morgan fingerprint density at radius 1 is 0.843 bits per heavy atom. The van der Waals surface area contributed by atoms with Crippen LogP contribution in [0.2, 0.25) is 5.02 Å². The molecule has 0 radical (unpaired) electrons. The van der Waals surface area contributed by atoms with Crippen LogP contribution < -0.4 is 30.9 Å². The van der Waals surface area contributed by atoms with Gasteiger partial charge in [0, 0.05) is 62.2 Å². The van der Waals surface area contributed by atoms with Crippen molar-refractivity contribution >= 4 is 51.9 Å². The number of ether oxygens (including phenoxy) is 1. The first-order chi connectivity index (χ1) is 24.3. The summed E-state index contributed by atoms with van der Waals surface area (Å²) in [6.45, 7) is 6.51. The van der Waals surface area contributed by atoms with Crippen molar-refractivity contribution in [2.24, 2.45) is 5.92 Å². The average molecular weight is 741 g/mol. The van der Waals surface area contributed by atoms with Gasteiger partial charge in [-0.2, -0.15) is 0 Å². The standard InChI is InChI=1S/C37H49ClN6O6S/c1-24(2)33(37(48)39-15-16-50-5)43-34(45)25(3)40-23-31(18-26-11-8-7-9-12-26)42-36(47)29-19-28(20-32(21-29)44(4)51(6)49)35(46)41-22-27-13-10-14-30(38)17-27/h7-14,17,19-21,24-25,31,33,40H,15-16,18,22-23H2,1-6H3,(H,39,48)(H,41,46)(H,42,47)(H,43,45)/t25?,31-,33-,51?/m0/s1. The van der Waals surface area contributed by atoms with Gasteiger partial charge in [0.1, 0.15) is 17.0 Å². The third-order valence-corrected chi connectivity index (χ3v) is 9.33. The quantitative estimate of drug-likeness (QED) is 0.118. The Labute approximate surface area is 308 Å². The van der Waals surface area contributed by atoms with E-state index in [1.165, 1.54) is 16.6 Å². The zero-order valence-electron chi connectivity index (χ0n) is 30.0. The van der Waals surface area contributed by atoms with Crippen LogP contribution in [0.5, 0.6) is 0 Å². The summed E-state index contributed by atoms with van der Waals surface area (Å²) < 4.78 is 18.9. The lowest BCUT2D eigenvalue weighted by Crippen LogP contribution is -2.55. The largest absolute Gasteiger partial charge is 0.383 e. The molecule has 0 bridgehead atoms. The molecule has 12 nitrogen and oxygen atoms in total. The second-order valence-corrected chi connectivity index (χ2v) is 14.3. The Morgan fingerprint density at radius 3 is 2.14 bits per heavy atom. The number of methoxy groups -OCH3 is 1. The van der Waals surface area contributed by atoms with E-state index in [1.807, 2.05) is 50.2 Å². The minimum Gasteiger partial charge on any atom is -0.383 e. The van der Waals surface area contributed by atoms with Crippen molar-refractivity contribution in [3.63, 3.8) is 0 Å². The SMILES string of the molecule is COCCNC(=O)[C@@H](NC(=O)C(C)NC[C@H](Cc1ccccc1)NC(=O)c1cc(C(=O)NCc2cccc(Cl)c2)cc(N(C)S(C)=O)c1)C(C)C. The molecule has 0 aromatic heterocycles. The highest BCUT2D eigenvalue weighted by Crippen LogP contribution is 2.21. The van der Waals surface area contributed by atoms with Crippen LogP contribution in [0.15, 0.2) is 72.8 Å². The highest BCUT2D eigenvalue weighted by atomic mass is 35.5. The van der Waals surface area contributed by atoms with Crippen LogP contribution in [0.3, 0.4) is 0 Å². The summed E-state index contributed by atoms with van der Waals surface area (Å²) in [5.41, 5.74) is 2.60. The number of hydrogen-bond acceptors (Lipinski definition) is 7. The number of nitrogens with one attached hydrogen (secondary N) is 5. The van der Waals surface area contributed by atoms with Crippen LogP contribution in [-0.2, 0) is 38.3 Å². The molecule has 0 spiro atoms. The molecular weight excluding hydrogens is 692 g/mol. The van der Waals surface area contributed by atoms with Gasteiger partial charge in [-0.15, -0.1) is 0 Å². The summed E-state index contributed by atoms with van der Waals surface area (Å²) in [5, 5.41) is 15.3. The van der Waals surface area contributed by atoms with Crippen LogP contribution in [0, 0.1) is 5.92 Å². The van der Waals surface area contributed by atoms with Gasteiger partial charge >= 0.3 is 0 Å². The number of benzene rings is 3. The summed E-state index contributed by atoms with van der Waals surface area (Å²) in [4.78, 5) is 53.1. The van der Waals surface area contributed by atoms with E-state index in [0.717, 1.165) is 11.1 Å². The molecule has 51 heavy (non-hydrogen) atoms. The fourth-order valence-electron chi connectivity index (χ4n) is 5.09. The van der Waals surface area contributed by atoms with Crippen molar-refractivity contribution in [1.82, 2.24) is 26.6 Å². The first kappa shape index (κ1) is 41.1. The molecule has 5 N–H and O–H groups in total. The number of nitrogens with zero attached hydrogens (tertiary/aromatic N) is 1. The molecule has 0 aliphatic heterocycles. The maximum Gasteiger partial charge on any atom is 0.251 e. The number of rotatable bonds is 19. The molecule has 0 heterocycles. The van der Waals surface area contributed by atoms with Gasteiger partial charge in [0.15, 0.2) is 0 Å². The summed E-state index contributed by atoms with van der Waals surface area (Å²) >= 11 is 6.09. The van der Waals surface area contributed by atoms with E-state index in [-0.39, 0.29) is 41.9 Å². The van der Waals surface area contributed by atoms with Gasteiger partial charge in [-0.1, -0.05) is 67.9 Å². The molecule has 3 aromatic carbocycles. The first-order valence-corrected chi connectivity index (χ1v) is 18.6. The van der Waals surface area contributed by atoms with E-state index in [0.29, 0.717) is 30.3 Å². The number of hydrogen-bond donors (Lipinski definition) is 5. The predicted molar refractivity (Wildman–Crippen MR) is 202 cm³/mol. The molecule has 3 rings (SSSR count). The van der Waals surface area contributed by atoms with Crippen LogP contribution >= 0.6 is 11.6 Å². The maximum absolute atomic E-state index is 13.9. The molecule has 4 amide bonds. The van der Waals surface area contributed by atoms with E-state index in [4.69, 9.17) is 16.3 Å². The monoisotopic (exact) mass is 740 g/mol. The topological polar surface area (TPSA) is 158 Å². The lowest BCUT2D eigenvalue weighted by Gasteiger charge is -2.26. The van der Waals surface area contributed by atoms with Gasteiger partial charge in [-0.25, -0.2) is 4.21 Å². The molecule has 4 atom stereocenters. The summed E-state index contributed by atoms with van der Waals surface area (Å²) in [5.74, 6) is -1.69. The van der Waals surface area contributed by atoms with Crippen molar-refractivity contribution in [3.8, 4) is 0 Å². The average Bonchev–Trinajstić information content (AvgIpc) is 3.11. The zero-order chi connectivity index (χ0) is 37.5. The van der Waals surface area contributed by atoms with Crippen LogP contribution in [-0.4, -0.2) is 86.1 Å². The lowest BCUT2D eigenvalue weighted by molar-refractivity contribution is -0.131. The van der Waals surface area contributed by atoms with Gasteiger partial charge in [0.2, 0.25) is 11.8 Å². The van der Waals surface area contributed by atoms with E-state index in [2.05, 4.69) is 26.6 Å². The van der Waals surface area contributed by atoms with Crippen molar-refractivity contribution in [2.75, 3.05) is 44.4 Å². The predicted octanol–water partition coefficient (Wildman–Crippen LogP) is 3.22. The number of anilines is 1. The fourth-order valence-corrected chi connectivity index (χ4v) is 5.70. The molecule has 14 heteroatoms. The highest BCUT2D eigenvalue weighted by Gasteiger charge is 2.27. The molecule has 0 saturated heterocycles. The second kappa shape index (κ2) is 20.5. The molecule has 2 unspecified atom stereocenters. The minimum atomic E-state index is -1.43. The van der Waals surface area contributed by atoms with E-state index >= 15 is 0 Å². The molecular formula is C37H49ClN6O6S. The smallest absolute Gasteiger partial charge is 0.251 e. The summed E-state index contributed by atoms with van der Waals surface area (Å²) in [7, 11) is 1.73. The zero-order valence-corrected chi connectivity index (χ0v) is 31.5. The van der Waals surface area contributed by atoms with E-state index in [9.17, 15) is 23.4 Å². The molecule has 0 saturated carbocycles. The molecule has 0 aliphatic rings. The van der Waals surface area contributed by atoms with Crippen LogP contribution in [0.1, 0.15) is 52.6 Å². The molecule has 276 valence electrons. The molecule has 0 fully saturated rings. The van der Waals surface area contributed by atoms with Crippen molar-refractivity contribution in [1.29, 1.82) is 0 Å². The second-order valence-electron chi connectivity index (χ2n) is 12.5. The molecule has 3 aromatic rings. The van der Waals surface area contributed by atoms with Gasteiger partial charge in [0.25, 0.3) is 11.8 Å². The summed E-state index contributed by atoms with van der Waals surface area (Å²) in [6, 6.07) is 19.5. The van der Waals surface area contributed by atoms with Crippen LogP contribution in [0.4, 0.5) is 5.69 Å². The Kier molecular flexibility index (Phi) is 16.6. The Balaban J connectivity index is 1.79. The Hall–Kier alpha value is -4.30. The number of carbonyl (C=O) groups is 4. The van der Waals surface area contributed by atoms with Gasteiger partial charge in [-0.3, -0.25) is 23.5 Å². The van der Waals surface area contributed by atoms with E-state index in [1.54, 1.807) is 51.4 Å². The highest BCUT2D eigenvalue weighted by molar-refractivity contribution is 7.85. The Morgan fingerprint density at radius 2 is 1.51 bits per heavy atom. The number of amides is 4. The van der Waals surface area contributed by atoms with Gasteiger partial charge in [-0.05, 0) is 60.7 Å². The third-order valence-electron chi connectivity index (χ3n) is 8.11. The third kappa shape index (κ3) is 13.4.